The van der Waals surface area contributed by atoms with Gasteiger partial charge in [0.1, 0.15) is 17.1 Å². The molecule has 1 aromatic carbocycles. The molecule has 2 aromatic heterocycles. The van der Waals surface area contributed by atoms with Crippen molar-refractivity contribution in [2.75, 3.05) is 6.54 Å². The number of carbonyl (C=O) groups is 1. The average Bonchev–Trinajstić information content (AvgIpc) is 3.25. The number of halogens is 1. The maximum absolute atomic E-state index is 14.1. The lowest BCUT2D eigenvalue weighted by molar-refractivity contribution is -0.135. The number of aromatic nitrogens is 2. The summed E-state index contributed by atoms with van der Waals surface area (Å²) in [6.07, 6.45) is 3.90. The van der Waals surface area contributed by atoms with Gasteiger partial charge in [0.05, 0.1) is 12.1 Å². The van der Waals surface area contributed by atoms with E-state index in [1.165, 1.54) is 22.0 Å². The highest BCUT2D eigenvalue weighted by molar-refractivity contribution is 7.17. The first-order valence-corrected chi connectivity index (χ1v) is 11.1. The third-order valence-corrected chi connectivity index (χ3v) is 6.73. The smallest absolute Gasteiger partial charge is 0.332 e. The molecule has 0 aliphatic carbocycles. The molecule has 0 N–H and O–H groups in total. The van der Waals surface area contributed by atoms with Gasteiger partial charge in [-0.2, -0.15) is 0 Å². The van der Waals surface area contributed by atoms with Gasteiger partial charge in [-0.3, -0.25) is 18.7 Å². The zero-order valence-corrected chi connectivity index (χ0v) is 17.7. The van der Waals surface area contributed by atoms with Gasteiger partial charge in [-0.15, -0.1) is 11.3 Å². The lowest BCUT2D eigenvalue weighted by Crippen LogP contribution is -2.47. The Morgan fingerprint density at radius 2 is 1.97 bits per heavy atom. The maximum Gasteiger partial charge on any atom is 0.332 e. The van der Waals surface area contributed by atoms with Gasteiger partial charge in [-0.25, -0.2) is 9.18 Å². The molecule has 0 spiro atoms. The van der Waals surface area contributed by atoms with Crippen LogP contribution in [0.4, 0.5) is 4.39 Å². The van der Waals surface area contributed by atoms with Crippen molar-refractivity contribution in [3.63, 3.8) is 0 Å². The Balaban J connectivity index is 1.75. The summed E-state index contributed by atoms with van der Waals surface area (Å²) < 4.78 is 16.9. The number of fused-ring (bicyclic) bond motifs is 1. The van der Waals surface area contributed by atoms with Crippen LogP contribution in [0.3, 0.4) is 0 Å². The fourth-order valence-electron chi connectivity index (χ4n) is 4.20. The molecule has 8 heteroatoms. The van der Waals surface area contributed by atoms with Gasteiger partial charge in [0, 0.05) is 18.2 Å². The molecule has 1 atom stereocenters. The van der Waals surface area contributed by atoms with Crippen molar-refractivity contribution in [3.05, 3.63) is 67.9 Å². The molecule has 1 amide bonds. The quantitative estimate of drug-likeness (QED) is 0.626. The summed E-state index contributed by atoms with van der Waals surface area (Å²) in [6.45, 7) is 2.45. The molecular weight excluding hydrogens is 405 g/mol. The van der Waals surface area contributed by atoms with Gasteiger partial charge in [0.15, 0.2) is 0 Å². The molecular formula is C22H24FN3O3S. The molecule has 3 aromatic rings. The van der Waals surface area contributed by atoms with E-state index in [1.54, 1.807) is 29.6 Å². The number of amides is 1. The van der Waals surface area contributed by atoms with Gasteiger partial charge in [-0.05, 0) is 43.2 Å². The highest BCUT2D eigenvalue weighted by atomic mass is 32.1. The van der Waals surface area contributed by atoms with Crippen LogP contribution in [0.2, 0.25) is 0 Å². The summed E-state index contributed by atoms with van der Waals surface area (Å²) in [5, 5.41) is 1.73. The average molecular weight is 430 g/mol. The van der Waals surface area contributed by atoms with E-state index >= 15 is 0 Å². The number of nitrogens with zero attached hydrogens (tertiary/aromatic N) is 3. The number of benzene rings is 1. The first-order valence-electron chi connectivity index (χ1n) is 10.2. The first kappa shape index (κ1) is 20.5. The molecule has 1 aliphatic rings. The van der Waals surface area contributed by atoms with Crippen LogP contribution in [-0.4, -0.2) is 32.5 Å². The molecule has 6 nitrogen and oxygen atoms in total. The topological polar surface area (TPSA) is 64.3 Å². The summed E-state index contributed by atoms with van der Waals surface area (Å²) >= 11 is 1.22. The first-order chi connectivity index (χ1) is 14.5. The third kappa shape index (κ3) is 3.71. The fraction of sp³-hybridized carbons (Fsp3) is 0.409. The highest BCUT2D eigenvalue weighted by Crippen LogP contribution is 2.21. The van der Waals surface area contributed by atoms with E-state index in [0.29, 0.717) is 16.8 Å². The number of piperidine rings is 1. The number of hydrogen-bond donors (Lipinski definition) is 0. The van der Waals surface area contributed by atoms with E-state index < -0.39 is 17.1 Å². The maximum atomic E-state index is 14.1. The molecule has 0 unspecified atom stereocenters. The molecule has 0 radical (unpaired) electrons. The van der Waals surface area contributed by atoms with Crippen molar-refractivity contribution in [1.82, 2.24) is 14.0 Å². The molecule has 158 valence electrons. The van der Waals surface area contributed by atoms with E-state index in [1.807, 2.05) is 4.90 Å². The minimum absolute atomic E-state index is 0.118. The van der Waals surface area contributed by atoms with Gasteiger partial charge < -0.3 is 4.90 Å². The van der Waals surface area contributed by atoms with Crippen LogP contribution in [-0.2, 0) is 17.9 Å². The lowest BCUT2D eigenvalue weighted by Gasteiger charge is -2.35. The van der Waals surface area contributed by atoms with Gasteiger partial charge in [0.25, 0.3) is 5.56 Å². The monoisotopic (exact) mass is 429 g/mol. The fourth-order valence-corrected chi connectivity index (χ4v) is 5.04. The summed E-state index contributed by atoms with van der Waals surface area (Å²) in [4.78, 5) is 41.1. The zero-order valence-electron chi connectivity index (χ0n) is 16.8. The molecule has 1 aliphatic heterocycles. The van der Waals surface area contributed by atoms with Crippen LogP contribution in [0.25, 0.3) is 10.2 Å². The van der Waals surface area contributed by atoms with Crippen LogP contribution in [0, 0.1) is 5.82 Å². The van der Waals surface area contributed by atoms with Crippen LogP contribution in [0.5, 0.6) is 0 Å². The number of carbonyl (C=O) groups excluding carboxylic acids is 1. The van der Waals surface area contributed by atoms with Gasteiger partial charge in [0.2, 0.25) is 5.91 Å². The SMILES string of the molecule is CC[C@@H]1CCCCN1C(=O)Cn1c(=O)n(Cc2ccccc2F)c(=O)c2sccc21. The predicted octanol–water partition coefficient (Wildman–Crippen LogP) is 3.20. The van der Waals surface area contributed by atoms with Crippen LogP contribution >= 0.6 is 11.3 Å². The van der Waals surface area contributed by atoms with Crippen LogP contribution < -0.4 is 11.2 Å². The van der Waals surface area contributed by atoms with Crippen LogP contribution in [0.15, 0.2) is 45.3 Å². The van der Waals surface area contributed by atoms with Gasteiger partial charge >= 0.3 is 5.69 Å². The minimum atomic E-state index is -0.590. The number of thiophene rings is 1. The predicted molar refractivity (Wildman–Crippen MR) is 115 cm³/mol. The van der Waals surface area contributed by atoms with E-state index in [2.05, 4.69) is 6.92 Å². The standard InChI is InChI=1S/C22H24FN3O3S/c1-2-16-8-5-6-11-24(16)19(27)14-25-18-10-12-30-20(18)21(28)26(22(25)29)13-15-7-3-4-9-17(15)23/h3-4,7,9-10,12,16H,2,5-6,8,11,13-14H2,1H3/t16-/m1/s1. The molecule has 1 saturated heterocycles. The summed E-state index contributed by atoms with van der Waals surface area (Å²) in [7, 11) is 0. The Morgan fingerprint density at radius 1 is 1.17 bits per heavy atom. The Hall–Kier alpha value is -2.74. The highest BCUT2D eigenvalue weighted by Gasteiger charge is 2.26. The van der Waals surface area contributed by atoms with E-state index in [0.717, 1.165) is 30.3 Å². The van der Waals surface area contributed by atoms with E-state index in [4.69, 9.17) is 0 Å². The number of rotatable bonds is 5. The molecule has 0 saturated carbocycles. The Morgan fingerprint density at radius 3 is 2.73 bits per heavy atom. The number of likely N-dealkylation sites (tertiary alicyclic amines) is 1. The normalized spacial score (nSPS) is 16.9. The van der Waals surface area contributed by atoms with Crippen molar-refractivity contribution in [1.29, 1.82) is 0 Å². The second-order valence-corrected chi connectivity index (χ2v) is 8.55. The third-order valence-electron chi connectivity index (χ3n) is 5.83. The molecule has 0 bridgehead atoms. The Labute approximate surface area is 177 Å². The largest absolute Gasteiger partial charge is 0.338 e. The molecule has 30 heavy (non-hydrogen) atoms. The van der Waals surface area contributed by atoms with E-state index in [-0.39, 0.29) is 30.6 Å². The zero-order chi connectivity index (χ0) is 21.3. The van der Waals surface area contributed by atoms with Crippen molar-refractivity contribution >= 4 is 27.5 Å². The molecule has 4 rings (SSSR count). The Bertz CT molecular complexity index is 1200. The summed E-state index contributed by atoms with van der Waals surface area (Å²) in [5.74, 6) is -0.593. The minimum Gasteiger partial charge on any atom is -0.338 e. The van der Waals surface area contributed by atoms with Crippen molar-refractivity contribution in [2.24, 2.45) is 0 Å². The van der Waals surface area contributed by atoms with Crippen LogP contribution in [0.1, 0.15) is 38.2 Å². The van der Waals surface area contributed by atoms with Crippen molar-refractivity contribution < 1.29 is 9.18 Å². The van der Waals surface area contributed by atoms with Crippen molar-refractivity contribution in [3.8, 4) is 0 Å². The van der Waals surface area contributed by atoms with Crippen molar-refractivity contribution in [2.45, 2.75) is 51.7 Å². The molecule has 3 heterocycles. The van der Waals surface area contributed by atoms with E-state index in [9.17, 15) is 18.8 Å². The summed E-state index contributed by atoms with van der Waals surface area (Å²) in [5.41, 5.74) is -0.334. The second kappa shape index (κ2) is 8.55. The lowest BCUT2D eigenvalue weighted by atomic mass is 10.00. The Kier molecular flexibility index (Phi) is 5.85. The van der Waals surface area contributed by atoms with Gasteiger partial charge in [-0.1, -0.05) is 25.1 Å². The molecule has 1 fully saturated rings. The summed E-state index contributed by atoms with van der Waals surface area (Å²) in [6, 6.07) is 7.95. The number of hydrogen-bond acceptors (Lipinski definition) is 4. The second-order valence-electron chi connectivity index (χ2n) is 7.63.